The van der Waals surface area contributed by atoms with Crippen molar-refractivity contribution < 1.29 is 4.42 Å². The van der Waals surface area contributed by atoms with Crippen LogP contribution in [-0.2, 0) is 5.75 Å². The van der Waals surface area contributed by atoms with Crippen molar-refractivity contribution in [3.8, 4) is 0 Å². The molecule has 0 aliphatic carbocycles. The Hall–Kier alpha value is -1.16. The average Bonchev–Trinajstić information content (AvgIpc) is 2.58. The van der Waals surface area contributed by atoms with Crippen LogP contribution in [0.2, 0.25) is 0 Å². The van der Waals surface area contributed by atoms with Crippen LogP contribution in [0.15, 0.2) is 22.6 Å². The molecule has 1 heterocycles. The van der Waals surface area contributed by atoms with Gasteiger partial charge in [0, 0.05) is 4.75 Å². The van der Waals surface area contributed by atoms with Crippen molar-refractivity contribution in [3.05, 3.63) is 24.1 Å². The molecule has 0 spiro atoms. The first kappa shape index (κ1) is 11.3. The van der Waals surface area contributed by atoms with Crippen molar-refractivity contribution in [2.75, 3.05) is 5.73 Å². The SMILES string of the molecule is CC(C)(C)SCc1nc2c(N)cccc2o1. The molecular formula is C12H16N2OS. The van der Waals surface area contributed by atoms with E-state index >= 15 is 0 Å². The summed E-state index contributed by atoms with van der Waals surface area (Å²) in [5.41, 5.74) is 8.03. The lowest BCUT2D eigenvalue weighted by Crippen LogP contribution is -2.07. The smallest absolute Gasteiger partial charge is 0.205 e. The number of anilines is 1. The molecule has 16 heavy (non-hydrogen) atoms. The van der Waals surface area contributed by atoms with E-state index < -0.39 is 0 Å². The molecule has 0 amide bonds. The molecule has 2 rings (SSSR count). The van der Waals surface area contributed by atoms with Crippen LogP contribution in [0.1, 0.15) is 26.7 Å². The molecule has 0 saturated heterocycles. The van der Waals surface area contributed by atoms with Gasteiger partial charge in [0.1, 0.15) is 5.52 Å². The molecule has 0 fully saturated rings. The topological polar surface area (TPSA) is 52.0 Å². The number of thioether (sulfide) groups is 1. The van der Waals surface area contributed by atoms with Crippen LogP contribution < -0.4 is 5.73 Å². The van der Waals surface area contributed by atoms with E-state index in [1.54, 1.807) is 0 Å². The van der Waals surface area contributed by atoms with Gasteiger partial charge in [0.25, 0.3) is 0 Å². The summed E-state index contributed by atoms with van der Waals surface area (Å²) in [6, 6.07) is 5.61. The quantitative estimate of drug-likeness (QED) is 0.811. The second-order valence-corrected chi connectivity index (χ2v) is 6.50. The van der Waals surface area contributed by atoms with Gasteiger partial charge < -0.3 is 10.2 Å². The number of oxazole rings is 1. The largest absolute Gasteiger partial charge is 0.440 e. The minimum atomic E-state index is 0.214. The van der Waals surface area contributed by atoms with Gasteiger partial charge in [-0.1, -0.05) is 26.8 Å². The lowest BCUT2D eigenvalue weighted by Gasteiger charge is -2.15. The van der Waals surface area contributed by atoms with Crippen molar-refractivity contribution in [3.63, 3.8) is 0 Å². The Morgan fingerprint density at radius 3 is 2.75 bits per heavy atom. The number of benzene rings is 1. The standard InChI is InChI=1S/C12H16N2OS/c1-12(2,3)16-7-10-14-11-8(13)5-4-6-9(11)15-10/h4-6H,7,13H2,1-3H3. The van der Waals surface area contributed by atoms with Crippen LogP contribution in [-0.4, -0.2) is 9.73 Å². The number of nitrogens with two attached hydrogens (primary N) is 1. The maximum atomic E-state index is 5.82. The summed E-state index contributed by atoms with van der Waals surface area (Å²) < 4.78 is 5.85. The molecular weight excluding hydrogens is 220 g/mol. The zero-order valence-corrected chi connectivity index (χ0v) is 10.6. The zero-order valence-electron chi connectivity index (χ0n) is 9.78. The summed E-state index contributed by atoms with van der Waals surface area (Å²) in [6.45, 7) is 6.53. The van der Waals surface area contributed by atoms with Crippen molar-refractivity contribution in [1.82, 2.24) is 4.98 Å². The van der Waals surface area contributed by atoms with Crippen LogP contribution in [0.5, 0.6) is 0 Å². The first-order chi connectivity index (χ1) is 7.46. The minimum absolute atomic E-state index is 0.214. The van der Waals surface area contributed by atoms with Crippen molar-refractivity contribution in [2.24, 2.45) is 0 Å². The molecule has 86 valence electrons. The predicted octanol–water partition coefficient (Wildman–Crippen LogP) is 3.44. The molecule has 0 aliphatic heterocycles. The fourth-order valence-electron chi connectivity index (χ4n) is 1.36. The Morgan fingerprint density at radius 1 is 1.38 bits per heavy atom. The second kappa shape index (κ2) is 4.01. The Bertz CT molecular complexity index is 499. The van der Waals surface area contributed by atoms with E-state index in [0.29, 0.717) is 5.69 Å². The summed E-state index contributed by atoms with van der Waals surface area (Å²) in [5.74, 6) is 1.52. The highest BCUT2D eigenvalue weighted by atomic mass is 32.2. The van der Waals surface area contributed by atoms with Gasteiger partial charge in [0.15, 0.2) is 5.58 Å². The Kier molecular flexibility index (Phi) is 2.84. The van der Waals surface area contributed by atoms with Gasteiger partial charge in [-0.2, -0.15) is 0 Å². The summed E-state index contributed by atoms with van der Waals surface area (Å²) in [4.78, 5) is 4.40. The number of hydrogen-bond donors (Lipinski definition) is 1. The molecule has 2 N–H and O–H groups in total. The molecule has 4 heteroatoms. The normalized spacial score (nSPS) is 12.2. The van der Waals surface area contributed by atoms with Gasteiger partial charge in [-0.05, 0) is 12.1 Å². The summed E-state index contributed by atoms with van der Waals surface area (Å²) >= 11 is 1.81. The van der Waals surface area contributed by atoms with Crippen LogP contribution in [0.3, 0.4) is 0 Å². The predicted molar refractivity (Wildman–Crippen MR) is 69.5 cm³/mol. The van der Waals surface area contributed by atoms with Crippen molar-refractivity contribution >= 4 is 28.5 Å². The van der Waals surface area contributed by atoms with E-state index in [-0.39, 0.29) is 4.75 Å². The molecule has 0 atom stereocenters. The number of hydrogen-bond acceptors (Lipinski definition) is 4. The monoisotopic (exact) mass is 236 g/mol. The van der Waals surface area contributed by atoms with Gasteiger partial charge in [0.05, 0.1) is 11.4 Å². The van der Waals surface area contributed by atoms with Gasteiger partial charge >= 0.3 is 0 Å². The van der Waals surface area contributed by atoms with Crippen LogP contribution >= 0.6 is 11.8 Å². The first-order valence-corrected chi connectivity index (χ1v) is 6.22. The molecule has 3 nitrogen and oxygen atoms in total. The molecule has 1 aromatic carbocycles. The van der Waals surface area contributed by atoms with E-state index in [9.17, 15) is 0 Å². The van der Waals surface area contributed by atoms with Gasteiger partial charge in [-0.25, -0.2) is 4.98 Å². The van der Waals surface area contributed by atoms with E-state index in [2.05, 4.69) is 25.8 Å². The zero-order chi connectivity index (χ0) is 11.8. The molecule has 0 saturated carbocycles. The van der Waals surface area contributed by atoms with Gasteiger partial charge in [-0.3, -0.25) is 0 Å². The minimum Gasteiger partial charge on any atom is -0.440 e. The van der Waals surface area contributed by atoms with E-state index in [4.69, 9.17) is 10.2 Å². The fourth-order valence-corrected chi connectivity index (χ4v) is 2.04. The summed E-state index contributed by atoms with van der Waals surface area (Å²) in [6.07, 6.45) is 0. The van der Waals surface area contributed by atoms with Crippen molar-refractivity contribution in [2.45, 2.75) is 31.3 Å². The van der Waals surface area contributed by atoms with E-state index in [0.717, 1.165) is 22.7 Å². The molecule has 0 bridgehead atoms. The fraction of sp³-hybridized carbons (Fsp3) is 0.417. The number of aromatic nitrogens is 1. The van der Waals surface area contributed by atoms with Crippen molar-refractivity contribution in [1.29, 1.82) is 0 Å². The number of nitrogen functional groups attached to an aromatic ring is 1. The molecule has 2 aromatic rings. The van der Waals surface area contributed by atoms with E-state index in [1.165, 1.54) is 0 Å². The lowest BCUT2D eigenvalue weighted by molar-refractivity contribution is 0.555. The first-order valence-electron chi connectivity index (χ1n) is 5.23. The highest BCUT2D eigenvalue weighted by Gasteiger charge is 2.14. The molecule has 0 radical (unpaired) electrons. The van der Waals surface area contributed by atoms with E-state index in [1.807, 2.05) is 30.0 Å². The number of nitrogens with zero attached hydrogens (tertiary/aromatic N) is 1. The summed E-state index contributed by atoms with van der Waals surface area (Å²) in [5, 5.41) is 0. The third kappa shape index (κ3) is 2.50. The van der Waals surface area contributed by atoms with Crippen LogP contribution in [0.4, 0.5) is 5.69 Å². The summed E-state index contributed by atoms with van der Waals surface area (Å²) in [7, 11) is 0. The number of fused-ring (bicyclic) bond motifs is 1. The molecule has 1 aromatic heterocycles. The van der Waals surface area contributed by atoms with Gasteiger partial charge in [-0.15, -0.1) is 11.8 Å². The van der Waals surface area contributed by atoms with Crippen LogP contribution in [0.25, 0.3) is 11.1 Å². The van der Waals surface area contributed by atoms with Gasteiger partial charge in [0.2, 0.25) is 5.89 Å². The molecule has 0 aliphatic rings. The molecule has 0 unspecified atom stereocenters. The Morgan fingerprint density at radius 2 is 2.12 bits per heavy atom. The number of para-hydroxylation sites is 1. The Balaban J connectivity index is 2.24. The third-order valence-electron chi connectivity index (χ3n) is 2.12. The van der Waals surface area contributed by atoms with Crippen LogP contribution in [0, 0.1) is 0 Å². The second-order valence-electron chi connectivity index (χ2n) is 4.70. The maximum absolute atomic E-state index is 5.82. The highest BCUT2D eigenvalue weighted by molar-refractivity contribution is 7.99. The number of rotatable bonds is 2. The third-order valence-corrected chi connectivity index (χ3v) is 3.38. The lowest BCUT2D eigenvalue weighted by atomic mass is 10.3. The maximum Gasteiger partial charge on any atom is 0.205 e. The Labute approximate surface area is 99.4 Å². The average molecular weight is 236 g/mol. The highest BCUT2D eigenvalue weighted by Crippen LogP contribution is 2.29.